The van der Waals surface area contributed by atoms with E-state index in [1.807, 2.05) is 0 Å². The molecule has 4 rings (SSSR count). The maximum atomic E-state index is 10.2. The first-order valence-corrected chi connectivity index (χ1v) is 16.9. The van der Waals surface area contributed by atoms with Crippen LogP contribution in [0.1, 0.15) is 133 Å². The molecule has 2 heteroatoms. The number of hydrogen-bond acceptors (Lipinski definition) is 2. The van der Waals surface area contributed by atoms with Crippen LogP contribution >= 0.6 is 0 Å². The smallest absolute Gasteiger partial charge is 0.0577 e. The Morgan fingerprint density at radius 1 is 0.949 bits per heavy atom. The first-order valence-electron chi connectivity index (χ1n) is 16.9. The van der Waals surface area contributed by atoms with Crippen molar-refractivity contribution in [2.45, 2.75) is 140 Å². The molecule has 0 bridgehead atoms. The van der Waals surface area contributed by atoms with E-state index in [0.29, 0.717) is 28.6 Å². The second-order valence-corrected chi connectivity index (χ2v) is 15.7. The Labute approximate surface area is 243 Å². The largest absolute Gasteiger partial charge is 0.393 e. The minimum absolute atomic E-state index is 0.0839. The fourth-order valence-corrected chi connectivity index (χ4v) is 9.52. The molecule has 0 unspecified atom stereocenters. The van der Waals surface area contributed by atoms with Crippen molar-refractivity contribution in [3.05, 3.63) is 23.3 Å². The molecular weight excluding hydrogens is 476 g/mol. The van der Waals surface area contributed by atoms with Gasteiger partial charge in [-0.2, -0.15) is 0 Å². The van der Waals surface area contributed by atoms with Crippen molar-refractivity contribution in [3.8, 4) is 0 Å². The van der Waals surface area contributed by atoms with Crippen LogP contribution < -0.4 is 0 Å². The molecule has 39 heavy (non-hydrogen) atoms. The Morgan fingerprint density at radius 3 is 2.21 bits per heavy atom. The molecule has 0 amide bonds. The van der Waals surface area contributed by atoms with Crippen LogP contribution in [0.4, 0.5) is 0 Å². The van der Waals surface area contributed by atoms with E-state index >= 15 is 0 Å². The maximum absolute atomic E-state index is 10.2. The number of allylic oxidation sites excluding steroid dienone is 3. The van der Waals surface area contributed by atoms with E-state index < -0.39 is 0 Å². The minimum Gasteiger partial charge on any atom is -0.393 e. The van der Waals surface area contributed by atoms with Crippen LogP contribution in [-0.4, -0.2) is 24.4 Å². The highest BCUT2D eigenvalue weighted by Crippen LogP contribution is 2.67. The van der Waals surface area contributed by atoms with Gasteiger partial charge in [-0.25, -0.2) is 0 Å². The third-order valence-electron chi connectivity index (χ3n) is 11.7. The lowest BCUT2D eigenvalue weighted by atomic mass is 9.47. The molecule has 0 spiro atoms. The molecule has 0 aliphatic heterocycles. The second kappa shape index (κ2) is 14.0. The number of aliphatic hydroxyl groups excluding tert-OH is 1. The highest BCUT2D eigenvalue weighted by molar-refractivity contribution is 5.25. The lowest BCUT2D eigenvalue weighted by Crippen LogP contribution is -2.50. The van der Waals surface area contributed by atoms with Gasteiger partial charge in [-0.3, -0.25) is 0 Å². The standard InChI is InChI=1S/C29H48O.C8H18O/c1-7-21(19(2)3)9-8-20(4)25-12-13-26-24-11-10-22-18-23(30)14-16-28(22,5)27(24)15-17-29(25,26)6;1-7(2)5-9-6-8(3)4/h7,10,19-20,23-27,30H,8-9,11-18H2,1-6H3;7-8H,5-6H2,1-4H3/b21-7+;/t20-,23+,24+,25-,26+,27+,28+,29-;/m1./s1. The van der Waals surface area contributed by atoms with Gasteiger partial charge >= 0.3 is 0 Å². The van der Waals surface area contributed by atoms with Crippen LogP contribution in [0.15, 0.2) is 23.3 Å². The minimum atomic E-state index is -0.0839. The Bertz CT molecular complexity index is 813. The summed E-state index contributed by atoms with van der Waals surface area (Å²) < 4.78 is 5.36. The van der Waals surface area contributed by atoms with Gasteiger partial charge in [0.15, 0.2) is 0 Å². The third-order valence-corrected chi connectivity index (χ3v) is 11.7. The predicted molar refractivity (Wildman–Crippen MR) is 169 cm³/mol. The van der Waals surface area contributed by atoms with E-state index in [2.05, 4.69) is 81.4 Å². The number of aliphatic hydroxyl groups is 1. The van der Waals surface area contributed by atoms with Crippen molar-refractivity contribution < 1.29 is 9.84 Å². The monoisotopic (exact) mass is 543 g/mol. The van der Waals surface area contributed by atoms with E-state index in [1.165, 1.54) is 51.4 Å². The van der Waals surface area contributed by atoms with E-state index in [-0.39, 0.29) is 6.10 Å². The molecule has 8 atom stereocenters. The van der Waals surface area contributed by atoms with Crippen molar-refractivity contribution in [2.75, 3.05) is 13.2 Å². The summed E-state index contributed by atoms with van der Waals surface area (Å²) in [5.74, 6) is 6.49. The Hall–Kier alpha value is -0.600. The van der Waals surface area contributed by atoms with Crippen LogP contribution in [0.3, 0.4) is 0 Å². The molecule has 0 aromatic rings. The van der Waals surface area contributed by atoms with Crippen LogP contribution in [0.2, 0.25) is 0 Å². The average Bonchev–Trinajstić information content (AvgIpc) is 3.22. The molecule has 0 radical (unpaired) electrons. The molecule has 0 aromatic heterocycles. The van der Waals surface area contributed by atoms with Crippen molar-refractivity contribution in [3.63, 3.8) is 0 Å². The zero-order valence-corrected chi connectivity index (χ0v) is 27.7. The zero-order valence-electron chi connectivity index (χ0n) is 27.7. The van der Waals surface area contributed by atoms with Crippen molar-refractivity contribution in [2.24, 2.45) is 58.2 Å². The van der Waals surface area contributed by atoms with Gasteiger partial charge in [0.1, 0.15) is 0 Å². The normalized spacial score (nSPS) is 37.1. The number of rotatable bonds is 9. The number of fused-ring (bicyclic) bond motifs is 5. The van der Waals surface area contributed by atoms with Gasteiger partial charge in [0.25, 0.3) is 0 Å². The zero-order chi connectivity index (χ0) is 29.0. The SMILES string of the molecule is C/C=C(\CC[C@@H](C)[C@H]1CC[C@H]2[C@@H]3CC=C4C[C@@H](O)CC[C@]4(C)[C@H]3CC[C@]12C)C(C)C.CC(C)COCC(C)C. The van der Waals surface area contributed by atoms with E-state index in [4.69, 9.17) is 4.74 Å². The Kier molecular flexibility index (Phi) is 11.9. The lowest BCUT2D eigenvalue weighted by molar-refractivity contribution is -0.0571. The van der Waals surface area contributed by atoms with Gasteiger partial charge in [-0.1, -0.05) is 85.6 Å². The molecule has 4 aliphatic carbocycles. The topological polar surface area (TPSA) is 29.5 Å². The van der Waals surface area contributed by atoms with Gasteiger partial charge < -0.3 is 9.84 Å². The van der Waals surface area contributed by atoms with Crippen LogP contribution in [0.5, 0.6) is 0 Å². The van der Waals surface area contributed by atoms with Crippen molar-refractivity contribution in [1.29, 1.82) is 0 Å². The quantitative estimate of drug-likeness (QED) is 0.294. The summed E-state index contributed by atoms with van der Waals surface area (Å²) in [4.78, 5) is 0. The van der Waals surface area contributed by atoms with Gasteiger partial charge in [-0.15, -0.1) is 0 Å². The predicted octanol–water partition coefficient (Wildman–Crippen LogP) is 10.3. The highest BCUT2D eigenvalue weighted by Gasteiger charge is 2.59. The van der Waals surface area contributed by atoms with Gasteiger partial charge in [0.2, 0.25) is 0 Å². The summed E-state index contributed by atoms with van der Waals surface area (Å²) in [5, 5.41) is 10.2. The molecule has 1 N–H and O–H groups in total. The summed E-state index contributed by atoms with van der Waals surface area (Å²) in [6.07, 6.45) is 17.8. The fourth-order valence-electron chi connectivity index (χ4n) is 9.52. The summed E-state index contributed by atoms with van der Waals surface area (Å²) in [6.45, 7) is 25.2. The Morgan fingerprint density at radius 2 is 1.62 bits per heavy atom. The molecule has 226 valence electrons. The second-order valence-electron chi connectivity index (χ2n) is 15.7. The molecule has 4 aliphatic rings. The van der Waals surface area contributed by atoms with Crippen LogP contribution in [-0.2, 0) is 4.74 Å². The molecule has 0 saturated heterocycles. The Balaban J connectivity index is 0.000000403. The molecule has 0 aromatic carbocycles. The van der Waals surface area contributed by atoms with Crippen LogP contribution in [0.25, 0.3) is 0 Å². The summed E-state index contributed by atoms with van der Waals surface area (Å²) in [7, 11) is 0. The summed E-state index contributed by atoms with van der Waals surface area (Å²) in [5.41, 5.74) is 4.21. The van der Waals surface area contributed by atoms with E-state index in [0.717, 1.165) is 55.6 Å². The molecule has 3 fully saturated rings. The first kappa shape index (κ1) is 32.9. The number of hydrogen-bond donors (Lipinski definition) is 1. The van der Waals surface area contributed by atoms with Gasteiger partial charge in [0, 0.05) is 13.2 Å². The van der Waals surface area contributed by atoms with Crippen molar-refractivity contribution in [1.82, 2.24) is 0 Å². The lowest BCUT2D eigenvalue weighted by Gasteiger charge is -2.58. The molecule has 2 nitrogen and oxygen atoms in total. The molecule has 0 heterocycles. The first-order chi connectivity index (χ1) is 18.3. The summed E-state index contributed by atoms with van der Waals surface area (Å²) >= 11 is 0. The maximum Gasteiger partial charge on any atom is 0.0577 e. The van der Waals surface area contributed by atoms with Crippen LogP contribution in [0, 0.1) is 58.2 Å². The van der Waals surface area contributed by atoms with E-state index in [9.17, 15) is 5.11 Å². The van der Waals surface area contributed by atoms with Gasteiger partial charge in [0.05, 0.1) is 6.10 Å². The molecule has 3 saturated carbocycles. The van der Waals surface area contributed by atoms with E-state index in [1.54, 1.807) is 11.1 Å². The fraction of sp³-hybridized carbons (Fsp3) is 0.892. The van der Waals surface area contributed by atoms with Gasteiger partial charge in [-0.05, 0) is 129 Å². The third kappa shape index (κ3) is 7.63. The molecular formula is C37H66O2. The highest BCUT2D eigenvalue weighted by atomic mass is 16.5. The summed E-state index contributed by atoms with van der Waals surface area (Å²) in [6, 6.07) is 0. The average molecular weight is 543 g/mol. The van der Waals surface area contributed by atoms with Crippen molar-refractivity contribution >= 4 is 0 Å². The number of ether oxygens (including phenoxy) is 1.